The molecule has 1 aliphatic carbocycles. The average Bonchev–Trinajstić information content (AvgIpc) is 3.15. The fourth-order valence-corrected chi connectivity index (χ4v) is 9.94. The zero-order valence-electron chi connectivity index (χ0n) is 12.3. The van der Waals surface area contributed by atoms with Crippen molar-refractivity contribution in [3.8, 4) is 0 Å². The Morgan fingerprint density at radius 3 is 2.47 bits per heavy atom. The van der Waals surface area contributed by atoms with Gasteiger partial charge in [0.05, 0.1) is 0 Å². The van der Waals surface area contributed by atoms with Crippen LogP contribution in [0.1, 0.15) is 19.8 Å². The Morgan fingerprint density at radius 1 is 1.32 bits per heavy atom. The van der Waals surface area contributed by atoms with Gasteiger partial charge in [-0.3, -0.25) is 0 Å². The van der Waals surface area contributed by atoms with Crippen molar-refractivity contribution >= 4 is 33.3 Å². The third kappa shape index (κ3) is 3.81. The number of carbonyl (C=O) groups is 1. The van der Waals surface area contributed by atoms with Crippen LogP contribution >= 0.6 is 0 Å². The molecule has 0 radical (unpaired) electrons. The van der Waals surface area contributed by atoms with Gasteiger partial charge >= 0.3 is 124 Å². The third-order valence-electron chi connectivity index (χ3n) is 3.85. The molecule has 3 atom stereocenters. The standard InChI is InChI=1S/C16H24OSeSi/c1-5-15(17)13-11-14(13)16(19(2,3)4)18-12-9-7-6-8-10-12/h6-10,13-14,16H,5,11H2,1-4H3/t13-,14+,16?/m0/s1. The summed E-state index contributed by atoms with van der Waals surface area (Å²) in [5.41, 5.74) is 0. The SMILES string of the molecule is CCC(=O)[C@H]1C[C@H]1C([Se]c1ccccc1)[Si](C)(C)C. The van der Waals surface area contributed by atoms with Crippen molar-refractivity contribution in [2.75, 3.05) is 0 Å². The van der Waals surface area contributed by atoms with E-state index in [0.717, 1.165) is 17.3 Å². The predicted molar refractivity (Wildman–Crippen MR) is 85.8 cm³/mol. The molecule has 19 heavy (non-hydrogen) atoms. The second-order valence-electron chi connectivity index (χ2n) is 6.54. The zero-order chi connectivity index (χ0) is 14.0. The van der Waals surface area contributed by atoms with E-state index in [1.165, 1.54) is 4.46 Å². The fraction of sp³-hybridized carbons (Fsp3) is 0.562. The molecular formula is C16H24OSeSi. The van der Waals surface area contributed by atoms with E-state index in [2.05, 4.69) is 50.0 Å². The second-order valence-corrected chi connectivity index (χ2v) is 15.4. The Morgan fingerprint density at radius 2 is 1.95 bits per heavy atom. The summed E-state index contributed by atoms with van der Waals surface area (Å²) in [5.74, 6) is 1.59. The first-order valence-electron chi connectivity index (χ1n) is 7.18. The molecule has 0 aliphatic heterocycles. The number of hydrogen-bond acceptors (Lipinski definition) is 1. The number of carbonyl (C=O) groups excluding carboxylic acids is 1. The molecule has 1 aliphatic rings. The molecule has 1 aromatic rings. The van der Waals surface area contributed by atoms with Gasteiger partial charge in [0.15, 0.2) is 0 Å². The van der Waals surface area contributed by atoms with Gasteiger partial charge in [-0.25, -0.2) is 0 Å². The molecule has 0 aromatic heterocycles. The quantitative estimate of drug-likeness (QED) is 0.727. The molecule has 1 aromatic carbocycles. The molecule has 104 valence electrons. The van der Waals surface area contributed by atoms with Gasteiger partial charge in [-0.05, 0) is 0 Å². The topological polar surface area (TPSA) is 17.1 Å². The number of Topliss-reactive ketones (excluding diaryl/α,β-unsaturated/α-hetero) is 1. The minimum atomic E-state index is -1.19. The molecule has 0 spiro atoms. The Balaban J connectivity index is 2.09. The summed E-state index contributed by atoms with van der Waals surface area (Å²) in [6.07, 6.45) is 1.88. The molecule has 1 saturated carbocycles. The number of benzene rings is 1. The van der Waals surface area contributed by atoms with Crippen LogP contribution in [-0.2, 0) is 4.79 Å². The summed E-state index contributed by atoms with van der Waals surface area (Å²) in [7, 11) is -1.19. The van der Waals surface area contributed by atoms with Crippen LogP contribution in [-0.4, -0.2) is 28.8 Å². The van der Waals surface area contributed by atoms with Gasteiger partial charge in [-0.1, -0.05) is 0 Å². The van der Waals surface area contributed by atoms with Gasteiger partial charge in [0.25, 0.3) is 0 Å². The first-order valence-corrected chi connectivity index (χ1v) is 12.6. The monoisotopic (exact) mass is 340 g/mol. The first-order chi connectivity index (χ1) is 8.93. The summed E-state index contributed by atoms with van der Waals surface area (Å²) < 4.78 is 2.31. The van der Waals surface area contributed by atoms with Gasteiger partial charge in [0.1, 0.15) is 0 Å². The van der Waals surface area contributed by atoms with Crippen molar-refractivity contribution in [2.24, 2.45) is 11.8 Å². The molecule has 0 saturated heterocycles. The van der Waals surface area contributed by atoms with Crippen LogP contribution in [0.15, 0.2) is 30.3 Å². The van der Waals surface area contributed by atoms with Gasteiger partial charge in [0, 0.05) is 0 Å². The Hall–Kier alpha value is -0.374. The molecule has 2 rings (SSSR count). The fourth-order valence-electron chi connectivity index (χ4n) is 2.73. The van der Waals surface area contributed by atoms with E-state index in [1.54, 1.807) is 0 Å². The van der Waals surface area contributed by atoms with Gasteiger partial charge in [0.2, 0.25) is 0 Å². The summed E-state index contributed by atoms with van der Waals surface area (Å²) in [5, 5.41) is 0. The normalized spacial score (nSPS) is 24.0. The maximum atomic E-state index is 11.9. The van der Waals surface area contributed by atoms with Crippen LogP contribution in [0.2, 0.25) is 24.1 Å². The van der Waals surface area contributed by atoms with Crippen molar-refractivity contribution in [2.45, 2.75) is 43.8 Å². The van der Waals surface area contributed by atoms with E-state index < -0.39 is 8.07 Å². The Labute approximate surface area is 124 Å². The molecule has 3 heteroatoms. The van der Waals surface area contributed by atoms with E-state index in [-0.39, 0.29) is 0 Å². The van der Waals surface area contributed by atoms with Gasteiger partial charge in [-0.2, -0.15) is 0 Å². The molecular weight excluding hydrogens is 315 g/mol. The zero-order valence-corrected chi connectivity index (χ0v) is 15.1. The van der Waals surface area contributed by atoms with Crippen molar-refractivity contribution in [1.82, 2.24) is 0 Å². The molecule has 0 bridgehead atoms. The van der Waals surface area contributed by atoms with Crippen molar-refractivity contribution in [1.29, 1.82) is 0 Å². The average molecular weight is 339 g/mol. The van der Waals surface area contributed by atoms with E-state index in [0.29, 0.717) is 32.6 Å². The predicted octanol–water partition coefficient (Wildman–Crippen LogP) is 3.30. The molecule has 1 unspecified atom stereocenters. The Kier molecular flexibility index (Phi) is 4.70. The van der Waals surface area contributed by atoms with E-state index in [4.69, 9.17) is 0 Å². The molecule has 0 amide bonds. The summed E-state index contributed by atoms with van der Waals surface area (Å²) in [6, 6.07) is 10.9. The van der Waals surface area contributed by atoms with Gasteiger partial charge in [-0.15, -0.1) is 0 Å². The van der Waals surface area contributed by atoms with E-state index >= 15 is 0 Å². The van der Waals surface area contributed by atoms with Crippen molar-refractivity contribution in [3.63, 3.8) is 0 Å². The summed E-state index contributed by atoms with van der Waals surface area (Å²) >= 11 is 0.527. The van der Waals surface area contributed by atoms with Crippen molar-refractivity contribution < 1.29 is 4.79 Å². The second kappa shape index (κ2) is 5.95. The third-order valence-corrected chi connectivity index (χ3v) is 13.5. The van der Waals surface area contributed by atoms with Crippen LogP contribution in [0.4, 0.5) is 0 Å². The maximum absolute atomic E-state index is 11.9. The van der Waals surface area contributed by atoms with Gasteiger partial charge < -0.3 is 0 Å². The number of rotatable bonds is 6. The van der Waals surface area contributed by atoms with Crippen LogP contribution < -0.4 is 4.46 Å². The molecule has 0 heterocycles. The van der Waals surface area contributed by atoms with Crippen LogP contribution in [0, 0.1) is 11.8 Å². The summed E-state index contributed by atoms with van der Waals surface area (Å²) in [6.45, 7) is 9.40. The molecule has 1 fully saturated rings. The van der Waals surface area contributed by atoms with E-state index in [1.807, 2.05) is 6.92 Å². The van der Waals surface area contributed by atoms with E-state index in [9.17, 15) is 4.79 Å². The Bertz CT molecular complexity index is 438. The van der Waals surface area contributed by atoms with Crippen molar-refractivity contribution in [3.05, 3.63) is 30.3 Å². The number of ketones is 1. The number of hydrogen-bond donors (Lipinski definition) is 0. The molecule has 0 N–H and O–H groups in total. The van der Waals surface area contributed by atoms with Crippen LogP contribution in [0.5, 0.6) is 0 Å². The summed E-state index contributed by atoms with van der Waals surface area (Å²) in [4.78, 5) is 11.9. The van der Waals surface area contributed by atoms with Crippen LogP contribution in [0.25, 0.3) is 0 Å². The minimum absolute atomic E-state index is 0.396. The molecule has 1 nitrogen and oxygen atoms in total. The van der Waals surface area contributed by atoms with Crippen LogP contribution in [0.3, 0.4) is 0 Å². The first kappa shape index (κ1) is 15.0.